The molecule has 0 unspecified atom stereocenters. The van der Waals surface area contributed by atoms with Crippen LogP contribution in [0.4, 0.5) is 0 Å². The van der Waals surface area contributed by atoms with Gasteiger partial charge in [-0.3, -0.25) is 0 Å². The molecule has 0 N–H and O–H groups in total. The molecule has 0 saturated heterocycles. The molecule has 0 amide bonds. The fraction of sp³-hybridized carbons (Fsp3) is 0.294. The quantitative estimate of drug-likeness (QED) is 0.574. The van der Waals surface area contributed by atoms with Crippen molar-refractivity contribution in [3.63, 3.8) is 0 Å². The van der Waals surface area contributed by atoms with E-state index in [0.717, 1.165) is 11.9 Å². The van der Waals surface area contributed by atoms with Crippen LogP contribution in [0.25, 0.3) is 21.8 Å². The van der Waals surface area contributed by atoms with Gasteiger partial charge in [0.25, 0.3) is 0 Å². The van der Waals surface area contributed by atoms with Gasteiger partial charge in [0, 0.05) is 33.7 Å². The predicted octanol–water partition coefficient (Wildman–Crippen LogP) is 5.35. The first-order valence-corrected chi connectivity index (χ1v) is 7.88. The monoisotopic (exact) mass is 315 g/mol. The lowest BCUT2D eigenvalue weighted by Crippen LogP contribution is -2.03. The van der Waals surface area contributed by atoms with Gasteiger partial charge in [-0.15, -0.1) is 0 Å². The molecular formula is C17H18BrN. The van der Waals surface area contributed by atoms with Crippen LogP contribution in [0.5, 0.6) is 0 Å². The maximum absolute atomic E-state index is 3.55. The Morgan fingerprint density at radius 2 is 1.74 bits per heavy atom. The Morgan fingerprint density at radius 1 is 1.00 bits per heavy atom. The number of rotatable bonds is 3. The van der Waals surface area contributed by atoms with Gasteiger partial charge in [0.2, 0.25) is 0 Å². The Labute approximate surface area is 122 Å². The molecule has 0 aliphatic rings. The Balaban J connectivity index is 2.38. The third kappa shape index (κ3) is 2.18. The van der Waals surface area contributed by atoms with E-state index in [1.54, 1.807) is 0 Å². The maximum atomic E-state index is 3.55. The van der Waals surface area contributed by atoms with Gasteiger partial charge in [-0.25, -0.2) is 0 Å². The molecule has 19 heavy (non-hydrogen) atoms. The third-order valence-corrected chi connectivity index (χ3v) is 4.19. The molecular weight excluding hydrogens is 298 g/mol. The lowest BCUT2D eigenvalue weighted by atomic mass is 10.1. The first-order valence-electron chi connectivity index (χ1n) is 6.76. The molecule has 2 aromatic carbocycles. The highest BCUT2D eigenvalue weighted by Crippen LogP contribution is 2.30. The van der Waals surface area contributed by atoms with Crippen LogP contribution in [0.15, 0.2) is 42.5 Å². The summed E-state index contributed by atoms with van der Waals surface area (Å²) in [6.07, 6.45) is 0. The summed E-state index contributed by atoms with van der Waals surface area (Å²) < 4.78 is 2.46. The largest absolute Gasteiger partial charge is 0.340 e. The van der Waals surface area contributed by atoms with E-state index in [1.165, 1.54) is 27.4 Å². The van der Waals surface area contributed by atoms with Gasteiger partial charge in [0.15, 0.2) is 0 Å². The third-order valence-electron chi connectivity index (χ3n) is 3.54. The molecule has 1 nitrogen and oxygen atoms in total. The fourth-order valence-electron chi connectivity index (χ4n) is 2.74. The second kappa shape index (κ2) is 5.01. The lowest BCUT2D eigenvalue weighted by Gasteiger charge is -2.10. The standard InChI is InChI=1S/C17H18BrN/c1-12(2)11-19-16-6-4-3-5-14(16)15-8-7-13(10-18)9-17(15)19/h3-9,12H,10-11H2,1-2H3. The summed E-state index contributed by atoms with van der Waals surface area (Å²) >= 11 is 3.55. The van der Waals surface area contributed by atoms with Crippen molar-refractivity contribution in [2.45, 2.75) is 25.7 Å². The minimum atomic E-state index is 0.645. The Hall–Kier alpha value is -1.28. The van der Waals surface area contributed by atoms with E-state index in [1.807, 2.05) is 0 Å². The molecule has 0 saturated carbocycles. The molecule has 0 fully saturated rings. The van der Waals surface area contributed by atoms with Crippen LogP contribution in [0.3, 0.4) is 0 Å². The number of hydrogen-bond acceptors (Lipinski definition) is 0. The van der Waals surface area contributed by atoms with Crippen molar-refractivity contribution in [2.75, 3.05) is 0 Å². The molecule has 1 aromatic heterocycles. The van der Waals surface area contributed by atoms with Crippen LogP contribution >= 0.6 is 15.9 Å². The van der Waals surface area contributed by atoms with E-state index < -0.39 is 0 Å². The van der Waals surface area contributed by atoms with Crippen molar-refractivity contribution in [3.8, 4) is 0 Å². The molecule has 3 rings (SSSR count). The minimum Gasteiger partial charge on any atom is -0.340 e. The van der Waals surface area contributed by atoms with Crippen molar-refractivity contribution < 1.29 is 0 Å². The van der Waals surface area contributed by atoms with E-state index in [9.17, 15) is 0 Å². The van der Waals surface area contributed by atoms with Gasteiger partial charge >= 0.3 is 0 Å². The van der Waals surface area contributed by atoms with Crippen molar-refractivity contribution in [3.05, 3.63) is 48.0 Å². The summed E-state index contributed by atoms with van der Waals surface area (Å²) in [5, 5.41) is 3.63. The van der Waals surface area contributed by atoms with Crippen LogP contribution in [0.1, 0.15) is 19.4 Å². The average Bonchev–Trinajstić information content (AvgIpc) is 2.72. The molecule has 0 bridgehead atoms. The number of aromatic nitrogens is 1. The fourth-order valence-corrected chi connectivity index (χ4v) is 3.09. The molecule has 98 valence electrons. The number of alkyl halides is 1. The van der Waals surface area contributed by atoms with Crippen LogP contribution < -0.4 is 0 Å². The van der Waals surface area contributed by atoms with Crippen molar-refractivity contribution in [2.24, 2.45) is 5.92 Å². The average molecular weight is 316 g/mol. The highest BCUT2D eigenvalue weighted by Gasteiger charge is 2.11. The van der Waals surface area contributed by atoms with Crippen LogP contribution in [0.2, 0.25) is 0 Å². The van der Waals surface area contributed by atoms with Crippen LogP contribution in [-0.4, -0.2) is 4.57 Å². The molecule has 0 radical (unpaired) electrons. The zero-order valence-corrected chi connectivity index (χ0v) is 12.9. The second-order valence-corrected chi connectivity index (χ2v) is 6.07. The number of nitrogens with zero attached hydrogens (tertiary/aromatic N) is 1. The first-order chi connectivity index (χ1) is 9.20. The van der Waals surface area contributed by atoms with Gasteiger partial charge < -0.3 is 4.57 Å². The number of benzene rings is 2. The molecule has 0 aliphatic heterocycles. The van der Waals surface area contributed by atoms with Crippen molar-refractivity contribution >= 4 is 37.7 Å². The summed E-state index contributed by atoms with van der Waals surface area (Å²) in [6, 6.07) is 15.5. The van der Waals surface area contributed by atoms with Gasteiger partial charge in [0.1, 0.15) is 0 Å². The van der Waals surface area contributed by atoms with Crippen LogP contribution in [-0.2, 0) is 11.9 Å². The number of hydrogen-bond donors (Lipinski definition) is 0. The highest BCUT2D eigenvalue weighted by molar-refractivity contribution is 9.08. The summed E-state index contributed by atoms with van der Waals surface area (Å²) in [5.74, 6) is 0.645. The number of fused-ring (bicyclic) bond motifs is 3. The summed E-state index contributed by atoms with van der Waals surface area (Å²) in [6.45, 7) is 5.61. The zero-order chi connectivity index (χ0) is 13.4. The van der Waals surface area contributed by atoms with E-state index in [0.29, 0.717) is 5.92 Å². The van der Waals surface area contributed by atoms with E-state index >= 15 is 0 Å². The predicted molar refractivity (Wildman–Crippen MR) is 86.9 cm³/mol. The normalized spacial score (nSPS) is 11.8. The van der Waals surface area contributed by atoms with E-state index in [2.05, 4.69) is 76.8 Å². The molecule has 0 aliphatic carbocycles. The van der Waals surface area contributed by atoms with Crippen LogP contribution in [0, 0.1) is 5.92 Å². The zero-order valence-electron chi connectivity index (χ0n) is 11.4. The van der Waals surface area contributed by atoms with Crippen molar-refractivity contribution in [1.82, 2.24) is 4.57 Å². The van der Waals surface area contributed by atoms with Gasteiger partial charge in [-0.1, -0.05) is 60.1 Å². The SMILES string of the molecule is CC(C)Cn1c2ccccc2c2ccc(CBr)cc21. The van der Waals surface area contributed by atoms with E-state index in [-0.39, 0.29) is 0 Å². The molecule has 0 atom stereocenters. The molecule has 2 heteroatoms. The Kier molecular flexibility index (Phi) is 3.36. The van der Waals surface area contributed by atoms with Gasteiger partial charge in [-0.05, 0) is 23.6 Å². The second-order valence-electron chi connectivity index (χ2n) is 5.51. The smallest absolute Gasteiger partial charge is 0.0494 e. The number of para-hydroxylation sites is 1. The molecule has 3 aromatic rings. The highest BCUT2D eigenvalue weighted by atomic mass is 79.9. The molecule has 0 spiro atoms. The summed E-state index contributed by atoms with van der Waals surface area (Å²) in [4.78, 5) is 0. The molecule has 1 heterocycles. The lowest BCUT2D eigenvalue weighted by molar-refractivity contribution is 0.545. The minimum absolute atomic E-state index is 0.645. The van der Waals surface area contributed by atoms with E-state index in [4.69, 9.17) is 0 Å². The Bertz CT molecular complexity index is 725. The van der Waals surface area contributed by atoms with Gasteiger partial charge in [0.05, 0.1) is 0 Å². The maximum Gasteiger partial charge on any atom is 0.0494 e. The topological polar surface area (TPSA) is 4.93 Å². The summed E-state index contributed by atoms with van der Waals surface area (Å²) in [7, 11) is 0. The first kappa shape index (κ1) is 12.7. The number of halogens is 1. The Morgan fingerprint density at radius 3 is 2.47 bits per heavy atom. The van der Waals surface area contributed by atoms with Gasteiger partial charge in [-0.2, -0.15) is 0 Å². The summed E-state index contributed by atoms with van der Waals surface area (Å²) in [5.41, 5.74) is 4.03. The van der Waals surface area contributed by atoms with Crippen molar-refractivity contribution in [1.29, 1.82) is 0 Å².